The van der Waals surface area contributed by atoms with Crippen molar-refractivity contribution in [2.45, 2.75) is 51.1 Å². The fraction of sp³-hybridized carbons (Fsp3) is 0.647. The topological polar surface area (TPSA) is 88.6 Å². The summed E-state index contributed by atoms with van der Waals surface area (Å²) in [7, 11) is 0. The monoisotopic (exact) mass is 355 g/mol. The van der Waals surface area contributed by atoms with Gasteiger partial charge in [-0.2, -0.15) is 0 Å². The Morgan fingerprint density at radius 2 is 2.00 bits per heavy atom. The summed E-state index contributed by atoms with van der Waals surface area (Å²) in [5, 5.41) is 2.99. The number of amides is 2. The molecule has 1 aromatic rings. The normalized spacial score (nSPS) is 21.4. The second-order valence-corrected chi connectivity index (χ2v) is 6.58. The zero-order valence-electron chi connectivity index (χ0n) is 13.8. The lowest BCUT2D eigenvalue weighted by Gasteiger charge is -2.26. The van der Waals surface area contributed by atoms with Gasteiger partial charge >= 0.3 is 0 Å². The van der Waals surface area contributed by atoms with Crippen LogP contribution in [0.2, 0.25) is 0 Å². The molecule has 2 heterocycles. The lowest BCUT2D eigenvalue weighted by molar-refractivity contribution is -0.135. The second kappa shape index (κ2) is 8.53. The first kappa shape index (κ1) is 18.8. The molecular formula is C17H26ClN3O3. The summed E-state index contributed by atoms with van der Waals surface area (Å²) in [5.41, 5.74) is 5.97. The number of carbonyl (C=O) groups excluding carboxylic acids is 2. The number of furan rings is 1. The molecule has 1 aliphatic heterocycles. The molecule has 3 N–H and O–H groups in total. The molecular weight excluding hydrogens is 330 g/mol. The minimum absolute atomic E-state index is 0. The molecule has 134 valence electrons. The Morgan fingerprint density at radius 1 is 1.25 bits per heavy atom. The fourth-order valence-electron chi connectivity index (χ4n) is 3.56. The van der Waals surface area contributed by atoms with Gasteiger partial charge in [-0.3, -0.25) is 9.59 Å². The van der Waals surface area contributed by atoms with E-state index in [1.165, 1.54) is 12.7 Å². The van der Waals surface area contributed by atoms with Crippen LogP contribution in [0.5, 0.6) is 0 Å². The van der Waals surface area contributed by atoms with Crippen molar-refractivity contribution in [3.63, 3.8) is 0 Å². The third-order valence-electron chi connectivity index (χ3n) is 4.91. The Kier molecular flexibility index (Phi) is 6.69. The van der Waals surface area contributed by atoms with Crippen molar-refractivity contribution in [3.05, 3.63) is 23.7 Å². The van der Waals surface area contributed by atoms with Gasteiger partial charge in [0.25, 0.3) is 5.91 Å². The van der Waals surface area contributed by atoms with Crippen LogP contribution < -0.4 is 11.1 Å². The molecule has 1 saturated carbocycles. The Balaban J connectivity index is 0.00000208. The van der Waals surface area contributed by atoms with Crippen molar-refractivity contribution in [2.75, 3.05) is 13.1 Å². The minimum Gasteiger partial charge on any atom is -0.467 e. The van der Waals surface area contributed by atoms with Gasteiger partial charge in [0.1, 0.15) is 12.0 Å². The fourth-order valence-corrected chi connectivity index (χ4v) is 3.56. The number of nitrogens with zero attached hydrogens (tertiary/aromatic N) is 1. The summed E-state index contributed by atoms with van der Waals surface area (Å²) in [6.45, 7) is 1.63. The van der Waals surface area contributed by atoms with E-state index < -0.39 is 0 Å². The van der Waals surface area contributed by atoms with Crippen LogP contribution >= 0.6 is 12.4 Å². The molecule has 2 fully saturated rings. The van der Waals surface area contributed by atoms with Crippen LogP contribution in [0.15, 0.2) is 16.7 Å². The van der Waals surface area contributed by atoms with Crippen LogP contribution in [-0.4, -0.2) is 35.8 Å². The van der Waals surface area contributed by atoms with Gasteiger partial charge in [0, 0.05) is 25.0 Å². The maximum Gasteiger partial charge on any atom is 0.254 e. The highest BCUT2D eigenvalue weighted by atomic mass is 35.5. The smallest absolute Gasteiger partial charge is 0.254 e. The van der Waals surface area contributed by atoms with Gasteiger partial charge in [-0.15, -0.1) is 12.4 Å². The molecule has 2 amide bonds. The van der Waals surface area contributed by atoms with E-state index in [0.717, 1.165) is 38.6 Å². The van der Waals surface area contributed by atoms with E-state index in [0.29, 0.717) is 17.9 Å². The average molecular weight is 356 g/mol. The van der Waals surface area contributed by atoms with E-state index in [9.17, 15) is 9.59 Å². The van der Waals surface area contributed by atoms with E-state index in [2.05, 4.69) is 5.32 Å². The number of carbonyl (C=O) groups is 2. The van der Waals surface area contributed by atoms with Gasteiger partial charge in [0.15, 0.2) is 0 Å². The first-order valence-corrected chi connectivity index (χ1v) is 8.54. The summed E-state index contributed by atoms with van der Waals surface area (Å²) in [4.78, 5) is 26.6. The molecule has 0 spiro atoms. The summed E-state index contributed by atoms with van der Waals surface area (Å²) < 4.78 is 5.19. The van der Waals surface area contributed by atoms with Crippen LogP contribution in [0.3, 0.4) is 0 Å². The second-order valence-electron chi connectivity index (χ2n) is 6.58. The molecule has 7 heteroatoms. The quantitative estimate of drug-likeness (QED) is 0.865. The van der Waals surface area contributed by atoms with Crippen LogP contribution in [0.1, 0.15) is 54.6 Å². The highest BCUT2D eigenvalue weighted by molar-refractivity contribution is 5.94. The van der Waals surface area contributed by atoms with Gasteiger partial charge in [0.2, 0.25) is 5.91 Å². The minimum atomic E-state index is -0.162. The molecule has 0 radical (unpaired) electrons. The van der Waals surface area contributed by atoms with Crippen molar-refractivity contribution in [1.82, 2.24) is 10.2 Å². The van der Waals surface area contributed by atoms with E-state index in [1.54, 1.807) is 6.07 Å². The third kappa shape index (κ3) is 4.30. The van der Waals surface area contributed by atoms with Crippen LogP contribution in [0.25, 0.3) is 0 Å². The van der Waals surface area contributed by atoms with Crippen molar-refractivity contribution in [3.8, 4) is 0 Å². The number of rotatable bonds is 4. The summed E-state index contributed by atoms with van der Waals surface area (Å²) in [6, 6.07) is 1.68. The molecule has 0 bridgehead atoms. The number of hydrogen-bond donors (Lipinski definition) is 2. The van der Waals surface area contributed by atoms with Gasteiger partial charge in [-0.25, -0.2) is 0 Å². The zero-order valence-corrected chi connectivity index (χ0v) is 14.6. The predicted molar refractivity (Wildman–Crippen MR) is 92.9 cm³/mol. The molecule has 1 atom stereocenters. The number of halogens is 1. The first-order chi connectivity index (χ1) is 11.2. The summed E-state index contributed by atoms with van der Waals surface area (Å²) in [6.07, 6.45) is 7.84. The van der Waals surface area contributed by atoms with Crippen molar-refractivity contribution in [1.29, 1.82) is 0 Å². The highest BCUT2D eigenvalue weighted by Gasteiger charge is 2.32. The lowest BCUT2D eigenvalue weighted by Crippen LogP contribution is -2.40. The Hall–Kier alpha value is -1.53. The van der Waals surface area contributed by atoms with Gasteiger partial charge in [0.05, 0.1) is 12.1 Å². The Labute approximate surface area is 148 Å². The number of nitrogens with one attached hydrogen (secondary N) is 1. The third-order valence-corrected chi connectivity index (χ3v) is 4.91. The van der Waals surface area contributed by atoms with Crippen LogP contribution in [-0.2, 0) is 11.3 Å². The molecule has 6 nitrogen and oxygen atoms in total. The molecule has 0 aromatic carbocycles. The van der Waals surface area contributed by atoms with Crippen LogP contribution in [0, 0.1) is 5.92 Å². The molecule has 1 saturated heterocycles. The average Bonchev–Trinajstić information content (AvgIpc) is 3.24. The largest absolute Gasteiger partial charge is 0.467 e. The highest BCUT2D eigenvalue weighted by Crippen LogP contribution is 2.26. The Bertz CT molecular complexity index is 569. The summed E-state index contributed by atoms with van der Waals surface area (Å²) >= 11 is 0. The van der Waals surface area contributed by atoms with E-state index in [4.69, 9.17) is 10.2 Å². The first-order valence-electron chi connectivity index (χ1n) is 8.54. The number of nitrogens with two attached hydrogens (primary N) is 1. The Morgan fingerprint density at radius 3 is 2.67 bits per heavy atom. The van der Waals surface area contributed by atoms with E-state index >= 15 is 0 Å². The predicted octanol–water partition coefficient (Wildman–Crippen LogP) is 2.07. The molecule has 1 aromatic heterocycles. The van der Waals surface area contributed by atoms with Crippen LogP contribution in [0.4, 0.5) is 0 Å². The standard InChI is InChI=1S/C17H25N3O3.ClH/c18-9-15-8-13(11-23-15)16(21)19-14-6-7-20(10-14)17(22)12-4-2-1-3-5-12;/h8,11-12,14H,1-7,9-10,18H2,(H,19,21);1H. The van der Waals surface area contributed by atoms with Crippen molar-refractivity contribution < 1.29 is 14.0 Å². The SMILES string of the molecule is Cl.NCc1cc(C(=O)NC2CCN(C(=O)C3CCCCC3)C2)co1. The van der Waals surface area contributed by atoms with Gasteiger partial charge in [-0.05, 0) is 25.3 Å². The number of likely N-dealkylation sites (tertiary alicyclic amines) is 1. The molecule has 1 unspecified atom stereocenters. The lowest BCUT2D eigenvalue weighted by atomic mass is 9.88. The van der Waals surface area contributed by atoms with Gasteiger partial charge < -0.3 is 20.4 Å². The maximum atomic E-state index is 12.5. The zero-order chi connectivity index (χ0) is 16.2. The van der Waals surface area contributed by atoms with Gasteiger partial charge in [-0.1, -0.05) is 19.3 Å². The van der Waals surface area contributed by atoms with E-state index in [-0.39, 0.29) is 42.7 Å². The number of hydrogen-bond acceptors (Lipinski definition) is 4. The molecule has 2 aliphatic rings. The van der Waals surface area contributed by atoms with Crippen molar-refractivity contribution >= 4 is 24.2 Å². The van der Waals surface area contributed by atoms with Crippen molar-refractivity contribution in [2.24, 2.45) is 11.7 Å². The molecule has 1 aliphatic carbocycles. The summed E-state index contributed by atoms with van der Waals surface area (Å²) in [5.74, 6) is 0.899. The van der Waals surface area contributed by atoms with E-state index in [1.807, 2.05) is 4.90 Å². The molecule has 24 heavy (non-hydrogen) atoms. The molecule has 3 rings (SSSR count). The maximum absolute atomic E-state index is 12.5.